The van der Waals surface area contributed by atoms with Gasteiger partial charge < -0.3 is 5.32 Å². The van der Waals surface area contributed by atoms with Gasteiger partial charge in [-0.15, -0.1) is 11.3 Å². The molecule has 0 radical (unpaired) electrons. The summed E-state index contributed by atoms with van der Waals surface area (Å²) in [4.78, 5) is 21.1. The first-order valence-corrected chi connectivity index (χ1v) is 7.57. The zero-order valence-corrected chi connectivity index (χ0v) is 13.0. The van der Waals surface area contributed by atoms with Gasteiger partial charge in [0.1, 0.15) is 12.4 Å². The van der Waals surface area contributed by atoms with Crippen molar-refractivity contribution in [3.63, 3.8) is 0 Å². The predicted octanol–water partition coefficient (Wildman–Crippen LogP) is 4.27. The van der Waals surface area contributed by atoms with Crippen LogP contribution in [0.2, 0.25) is 0 Å². The van der Waals surface area contributed by atoms with Crippen molar-refractivity contribution >= 4 is 28.7 Å². The van der Waals surface area contributed by atoms with Crippen molar-refractivity contribution in [3.8, 4) is 11.3 Å². The molecular formula is C14H8F3N5O2S. The molecule has 2 heterocycles. The summed E-state index contributed by atoms with van der Waals surface area (Å²) in [7, 11) is 0. The van der Waals surface area contributed by atoms with Crippen LogP contribution in [-0.2, 0) is 6.18 Å². The maximum Gasteiger partial charge on any atom is 0.443 e. The summed E-state index contributed by atoms with van der Waals surface area (Å²) in [6.07, 6.45) is -2.33. The Morgan fingerprint density at radius 3 is 2.28 bits per heavy atom. The molecule has 3 aromatic rings. The fourth-order valence-electron chi connectivity index (χ4n) is 1.87. The monoisotopic (exact) mass is 367 g/mol. The van der Waals surface area contributed by atoms with E-state index in [1.165, 1.54) is 5.38 Å². The molecule has 25 heavy (non-hydrogen) atoms. The third-order valence-corrected chi connectivity index (χ3v) is 3.92. The predicted molar refractivity (Wildman–Crippen MR) is 84.5 cm³/mol. The quantitative estimate of drug-likeness (QED) is 0.547. The van der Waals surface area contributed by atoms with Crippen LogP contribution in [0, 0.1) is 10.1 Å². The Hall–Kier alpha value is -3.08. The van der Waals surface area contributed by atoms with Gasteiger partial charge in [-0.1, -0.05) is 12.1 Å². The van der Waals surface area contributed by atoms with Crippen LogP contribution in [0.1, 0.15) is 5.01 Å². The van der Waals surface area contributed by atoms with E-state index >= 15 is 0 Å². The van der Waals surface area contributed by atoms with Crippen LogP contribution >= 0.6 is 11.3 Å². The van der Waals surface area contributed by atoms with Gasteiger partial charge in [0.15, 0.2) is 5.01 Å². The minimum Gasteiger partial charge on any atom is -0.324 e. The summed E-state index contributed by atoms with van der Waals surface area (Å²) in [5, 5.41) is 13.8. The number of aromatic nitrogens is 3. The second-order valence-electron chi connectivity index (χ2n) is 4.76. The molecule has 0 spiro atoms. The van der Waals surface area contributed by atoms with Gasteiger partial charge in [0.25, 0.3) is 0 Å². The van der Waals surface area contributed by atoms with Crippen molar-refractivity contribution in [1.82, 2.24) is 15.0 Å². The third-order valence-electron chi connectivity index (χ3n) is 3.03. The lowest BCUT2D eigenvalue weighted by Crippen LogP contribution is -2.03. The Balaban J connectivity index is 1.74. The van der Waals surface area contributed by atoms with E-state index in [1.807, 2.05) is 0 Å². The molecule has 0 bridgehead atoms. The highest BCUT2D eigenvalue weighted by Gasteiger charge is 2.34. The number of anilines is 2. The molecule has 11 heteroatoms. The van der Waals surface area contributed by atoms with E-state index in [0.717, 1.165) is 12.4 Å². The van der Waals surface area contributed by atoms with Crippen LogP contribution in [0.15, 0.2) is 42.0 Å². The molecule has 2 aromatic heterocycles. The minimum absolute atomic E-state index is 0.159. The lowest BCUT2D eigenvalue weighted by Gasteiger charge is -2.05. The van der Waals surface area contributed by atoms with Crippen molar-refractivity contribution in [2.45, 2.75) is 6.18 Å². The number of hydrogen-bond donors (Lipinski definition) is 1. The number of nitrogens with one attached hydrogen (secondary N) is 1. The first-order chi connectivity index (χ1) is 11.8. The normalized spacial score (nSPS) is 11.3. The molecule has 0 amide bonds. The van der Waals surface area contributed by atoms with Gasteiger partial charge >= 0.3 is 11.9 Å². The Bertz CT molecular complexity index is 894. The summed E-state index contributed by atoms with van der Waals surface area (Å²) < 4.78 is 37.8. The van der Waals surface area contributed by atoms with Gasteiger partial charge in [0, 0.05) is 16.6 Å². The highest BCUT2D eigenvalue weighted by Crippen LogP contribution is 2.34. The molecule has 0 atom stereocenters. The number of halogens is 3. The SMILES string of the molecule is O=[N+]([O-])c1cnc(Nc2ccc(-c3csc(C(F)(F)F)n3)cc2)nc1. The Kier molecular flexibility index (Phi) is 4.31. The molecule has 7 nitrogen and oxygen atoms in total. The average Bonchev–Trinajstić information content (AvgIpc) is 3.06. The highest BCUT2D eigenvalue weighted by atomic mass is 32.1. The molecular weight excluding hydrogens is 359 g/mol. The fourth-order valence-corrected chi connectivity index (χ4v) is 2.57. The second-order valence-corrected chi connectivity index (χ2v) is 5.62. The summed E-state index contributed by atoms with van der Waals surface area (Å²) in [5.41, 5.74) is 1.10. The first kappa shape index (κ1) is 16.8. The lowest BCUT2D eigenvalue weighted by molar-refractivity contribution is -0.385. The number of nitrogens with zero attached hydrogens (tertiary/aromatic N) is 4. The van der Waals surface area contributed by atoms with Crippen LogP contribution < -0.4 is 5.32 Å². The number of hydrogen-bond acceptors (Lipinski definition) is 7. The molecule has 0 aliphatic rings. The van der Waals surface area contributed by atoms with Crippen molar-refractivity contribution < 1.29 is 18.1 Å². The van der Waals surface area contributed by atoms with E-state index in [1.54, 1.807) is 24.3 Å². The molecule has 1 N–H and O–H groups in total. The van der Waals surface area contributed by atoms with Gasteiger partial charge in [-0.25, -0.2) is 15.0 Å². The second kappa shape index (κ2) is 6.43. The number of nitro groups is 1. The summed E-state index contributed by atoms with van der Waals surface area (Å²) in [5.74, 6) is 0.159. The topological polar surface area (TPSA) is 93.8 Å². The smallest absolute Gasteiger partial charge is 0.324 e. The van der Waals surface area contributed by atoms with E-state index in [2.05, 4.69) is 20.3 Å². The highest BCUT2D eigenvalue weighted by molar-refractivity contribution is 7.10. The van der Waals surface area contributed by atoms with Crippen LogP contribution in [0.3, 0.4) is 0 Å². The lowest BCUT2D eigenvalue weighted by atomic mass is 10.1. The largest absolute Gasteiger partial charge is 0.443 e. The van der Waals surface area contributed by atoms with Crippen LogP contribution in [0.4, 0.5) is 30.5 Å². The fraction of sp³-hybridized carbons (Fsp3) is 0.0714. The number of benzene rings is 1. The average molecular weight is 367 g/mol. The maximum atomic E-state index is 12.6. The van der Waals surface area contributed by atoms with Gasteiger partial charge in [-0.05, 0) is 12.1 Å². The third kappa shape index (κ3) is 3.88. The molecule has 0 saturated heterocycles. The minimum atomic E-state index is -4.46. The van der Waals surface area contributed by atoms with Crippen LogP contribution in [-0.4, -0.2) is 19.9 Å². The molecule has 0 fully saturated rings. The Morgan fingerprint density at radius 2 is 1.76 bits per heavy atom. The van der Waals surface area contributed by atoms with Crippen molar-refractivity contribution in [2.75, 3.05) is 5.32 Å². The number of rotatable bonds is 4. The molecule has 3 rings (SSSR count). The maximum absolute atomic E-state index is 12.6. The first-order valence-electron chi connectivity index (χ1n) is 6.69. The molecule has 1 aromatic carbocycles. The summed E-state index contributed by atoms with van der Waals surface area (Å²) in [6.45, 7) is 0. The molecule has 128 valence electrons. The van der Waals surface area contributed by atoms with Crippen LogP contribution in [0.5, 0.6) is 0 Å². The Labute approximate surface area is 142 Å². The summed E-state index contributed by atoms with van der Waals surface area (Å²) >= 11 is 0.535. The van der Waals surface area contributed by atoms with E-state index in [0.29, 0.717) is 22.6 Å². The number of thiazole rings is 1. The van der Waals surface area contributed by atoms with Gasteiger partial charge in [0.05, 0.1) is 10.6 Å². The van der Waals surface area contributed by atoms with Crippen molar-refractivity contribution in [2.24, 2.45) is 0 Å². The van der Waals surface area contributed by atoms with Gasteiger partial charge in [-0.3, -0.25) is 10.1 Å². The molecule has 0 aliphatic carbocycles. The van der Waals surface area contributed by atoms with E-state index < -0.39 is 16.1 Å². The van der Waals surface area contributed by atoms with E-state index in [-0.39, 0.29) is 17.3 Å². The van der Waals surface area contributed by atoms with Crippen molar-refractivity contribution in [3.05, 3.63) is 57.2 Å². The van der Waals surface area contributed by atoms with Crippen LogP contribution in [0.25, 0.3) is 11.3 Å². The van der Waals surface area contributed by atoms with E-state index in [4.69, 9.17) is 0 Å². The van der Waals surface area contributed by atoms with E-state index in [9.17, 15) is 23.3 Å². The summed E-state index contributed by atoms with van der Waals surface area (Å²) in [6, 6.07) is 6.44. The van der Waals surface area contributed by atoms with Gasteiger partial charge in [-0.2, -0.15) is 13.2 Å². The molecule has 0 aliphatic heterocycles. The number of alkyl halides is 3. The van der Waals surface area contributed by atoms with Crippen molar-refractivity contribution in [1.29, 1.82) is 0 Å². The molecule has 0 saturated carbocycles. The Morgan fingerprint density at radius 1 is 1.12 bits per heavy atom. The molecule has 0 unspecified atom stereocenters. The van der Waals surface area contributed by atoms with Gasteiger partial charge in [0.2, 0.25) is 5.95 Å². The standard InChI is InChI=1S/C14H8F3N5O2S/c15-14(16,17)12-21-11(7-25-12)8-1-3-9(4-2-8)20-13-18-5-10(6-19-13)22(23)24/h1-7H,(H,18,19,20). The zero-order chi connectivity index (χ0) is 18.0. The zero-order valence-electron chi connectivity index (χ0n) is 12.2.